The van der Waals surface area contributed by atoms with Crippen molar-refractivity contribution in [1.29, 1.82) is 0 Å². The average Bonchev–Trinajstić information content (AvgIpc) is 2.35. The normalized spacial score (nSPS) is 31.5. The van der Waals surface area contributed by atoms with Crippen LogP contribution in [0.25, 0.3) is 0 Å². The minimum absolute atomic E-state index is 0.0612. The average molecular weight is 373 g/mol. The van der Waals surface area contributed by atoms with Crippen LogP contribution >= 0.6 is 0 Å². The quantitative estimate of drug-likeness (QED) is 0.403. The first-order valence-corrected chi connectivity index (χ1v) is 8.64. The number of rotatable bonds is 1. The molecule has 138 valence electrons. The fourth-order valence-electron chi connectivity index (χ4n) is 3.00. The highest BCUT2D eigenvalue weighted by Crippen LogP contribution is 2.49. The number of hydrogen-bond donors (Lipinski definition) is 0. The smallest absolute Gasteiger partial charge is 0.441 e. The summed E-state index contributed by atoms with van der Waals surface area (Å²) < 4.78 is 82.9. The van der Waals surface area contributed by atoms with Gasteiger partial charge in [0.25, 0.3) is 0 Å². The van der Waals surface area contributed by atoms with Crippen LogP contribution in [0, 0.1) is 10.8 Å². The summed E-state index contributed by atoms with van der Waals surface area (Å²) in [5.74, 6) is -0.946. The van der Waals surface area contributed by atoms with E-state index < -0.39 is 50.8 Å². The zero-order chi connectivity index (χ0) is 18.9. The lowest BCUT2D eigenvalue weighted by Gasteiger charge is -2.52. The van der Waals surface area contributed by atoms with Crippen LogP contribution in [-0.4, -0.2) is 42.6 Å². The molecule has 1 saturated heterocycles. The third kappa shape index (κ3) is 2.63. The molecule has 5 nitrogen and oxygen atoms in total. The van der Waals surface area contributed by atoms with Crippen molar-refractivity contribution in [2.24, 2.45) is 10.8 Å². The van der Waals surface area contributed by atoms with Crippen molar-refractivity contribution in [2.75, 3.05) is 0 Å². The molecule has 2 rings (SSSR count). The Morgan fingerprint density at radius 1 is 1.21 bits per heavy atom. The lowest BCUT2D eigenvalue weighted by atomic mass is 9.71. The Balaban J connectivity index is 2.72. The molecule has 0 saturated carbocycles. The fraction of sp³-hybridized carbons (Fsp3) is 0.786. The van der Waals surface area contributed by atoms with Crippen molar-refractivity contribution in [3.63, 3.8) is 0 Å². The van der Waals surface area contributed by atoms with Gasteiger partial charge in [0, 0.05) is 0 Å². The molecule has 24 heavy (non-hydrogen) atoms. The number of carbonyl (C=O) groups is 1. The van der Waals surface area contributed by atoms with E-state index in [2.05, 4.69) is 0 Å². The second kappa shape index (κ2) is 5.17. The minimum atomic E-state index is -5.88. The van der Waals surface area contributed by atoms with E-state index in [1.807, 2.05) is 0 Å². The van der Waals surface area contributed by atoms with Crippen LogP contribution in [-0.2, 0) is 19.6 Å². The first kappa shape index (κ1) is 19.2. The molecule has 0 unspecified atom stereocenters. The number of esters is 1. The zero-order valence-corrected chi connectivity index (χ0v) is 14.6. The second-order valence-corrected chi connectivity index (χ2v) is 9.35. The number of carbonyl (C=O) groups excluding carboxylic acids is 1. The van der Waals surface area contributed by atoms with Gasteiger partial charge in [0.2, 0.25) is 0 Å². The molecule has 0 aromatic heterocycles. The highest BCUT2D eigenvalue weighted by atomic mass is 32.2. The molecule has 10 heteroatoms. The van der Waals surface area contributed by atoms with Crippen molar-refractivity contribution < 1.29 is 35.5 Å². The van der Waals surface area contributed by atoms with Crippen molar-refractivity contribution in [3.8, 4) is 0 Å². The minimum Gasteiger partial charge on any atom is -0.441 e. The van der Waals surface area contributed by atoms with Crippen LogP contribution in [0.1, 0.15) is 34.6 Å². The van der Waals surface area contributed by atoms with Gasteiger partial charge in [-0.3, -0.25) is 4.79 Å². The summed E-state index contributed by atoms with van der Waals surface area (Å²) in [6.07, 6.45) is -2.93. The number of alkyl halides is 4. The Kier molecular flexibility index (Phi) is 4.13. The summed E-state index contributed by atoms with van der Waals surface area (Å²) in [5.41, 5.74) is -8.08. The monoisotopic (exact) mass is 373 g/mol. The molecule has 3 atom stereocenters. The van der Waals surface area contributed by atoms with E-state index in [1.165, 1.54) is 13.8 Å². The Morgan fingerprint density at radius 2 is 1.71 bits per heavy atom. The van der Waals surface area contributed by atoms with Crippen LogP contribution in [0.4, 0.5) is 17.6 Å². The summed E-state index contributed by atoms with van der Waals surface area (Å²) >= 11 is 0. The van der Waals surface area contributed by atoms with Crippen molar-refractivity contribution >= 4 is 16.0 Å². The third-order valence-electron chi connectivity index (χ3n) is 4.35. The Morgan fingerprint density at radius 3 is 2.12 bits per heavy atom. The third-order valence-corrected chi connectivity index (χ3v) is 5.93. The van der Waals surface area contributed by atoms with E-state index >= 15 is 4.39 Å². The summed E-state index contributed by atoms with van der Waals surface area (Å²) in [6, 6.07) is -1.84. The number of ether oxygens (including phenoxy) is 1. The van der Waals surface area contributed by atoms with Gasteiger partial charge >= 0.3 is 21.5 Å². The number of fused-ring (bicyclic) bond motifs is 2. The van der Waals surface area contributed by atoms with Gasteiger partial charge in [-0.05, 0) is 30.9 Å². The molecule has 2 aliphatic heterocycles. The van der Waals surface area contributed by atoms with Gasteiger partial charge in [0.05, 0.1) is 11.5 Å². The van der Waals surface area contributed by atoms with Crippen LogP contribution in [0.3, 0.4) is 0 Å². The highest BCUT2D eigenvalue weighted by molar-refractivity contribution is 7.90. The standard InChI is InChI=1S/C14H19F4NO4S/c1-12(2,3)7-6-8-19(24(21,22)14(16,17)18)10(9(7)15)13(4,5)11(20)23-8/h6,8-10H,1-5H3/t8-,9-,10-/m1/s1. The molecule has 0 spiro atoms. The van der Waals surface area contributed by atoms with E-state index in [1.54, 1.807) is 20.8 Å². The summed E-state index contributed by atoms with van der Waals surface area (Å²) in [5, 5.41) is 0. The topological polar surface area (TPSA) is 63.7 Å². The van der Waals surface area contributed by atoms with Crippen LogP contribution in [0.2, 0.25) is 0 Å². The Bertz CT molecular complexity index is 691. The maximum Gasteiger partial charge on any atom is 0.511 e. The summed E-state index contributed by atoms with van der Waals surface area (Å²) in [4.78, 5) is 12.0. The van der Waals surface area contributed by atoms with Gasteiger partial charge in [0.15, 0.2) is 6.23 Å². The van der Waals surface area contributed by atoms with Gasteiger partial charge in [-0.2, -0.15) is 13.2 Å². The lowest BCUT2D eigenvalue weighted by molar-refractivity contribution is -0.189. The fourth-order valence-corrected chi connectivity index (χ4v) is 4.28. The van der Waals surface area contributed by atoms with Gasteiger partial charge in [0.1, 0.15) is 6.17 Å². The number of nitrogens with zero attached hydrogens (tertiary/aromatic N) is 1. The first-order valence-electron chi connectivity index (χ1n) is 7.20. The predicted octanol–water partition coefficient (Wildman–Crippen LogP) is 2.74. The lowest BCUT2D eigenvalue weighted by Crippen LogP contribution is -2.69. The predicted molar refractivity (Wildman–Crippen MR) is 76.7 cm³/mol. The molecular formula is C14H19F4NO4S. The largest absolute Gasteiger partial charge is 0.511 e. The van der Waals surface area contributed by atoms with Gasteiger partial charge < -0.3 is 4.74 Å². The molecular weight excluding hydrogens is 354 g/mol. The van der Waals surface area contributed by atoms with Crippen LogP contribution in [0.15, 0.2) is 11.6 Å². The van der Waals surface area contributed by atoms with Gasteiger partial charge in [-0.25, -0.2) is 12.8 Å². The molecule has 0 aromatic carbocycles. The number of halogens is 4. The van der Waals surface area contributed by atoms with Gasteiger partial charge in [-0.15, -0.1) is 4.31 Å². The van der Waals surface area contributed by atoms with Crippen molar-refractivity contribution in [2.45, 2.75) is 58.6 Å². The second-order valence-electron chi connectivity index (χ2n) is 7.52. The van der Waals surface area contributed by atoms with Crippen LogP contribution < -0.4 is 0 Å². The van der Waals surface area contributed by atoms with Crippen molar-refractivity contribution in [3.05, 3.63) is 11.6 Å². The summed E-state index contributed by atoms with van der Waals surface area (Å²) in [7, 11) is -5.88. The van der Waals surface area contributed by atoms with E-state index in [0.717, 1.165) is 6.08 Å². The Hall–Kier alpha value is -1.16. The molecule has 0 aromatic rings. The summed E-state index contributed by atoms with van der Waals surface area (Å²) in [6.45, 7) is 7.28. The molecule has 2 bridgehead atoms. The molecule has 2 aliphatic rings. The maximum absolute atomic E-state index is 15.1. The molecule has 0 amide bonds. The van der Waals surface area contributed by atoms with Crippen molar-refractivity contribution in [1.82, 2.24) is 4.31 Å². The highest BCUT2D eigenvalue weighted by Gasteiger charge is 2.65. The first-order chi connectivity index (χ1) is 10.5. The van der Waals surface area contributed by atoms with Gasteiger partial charge in [-0.1, -0.05) is 20.8 Å². The SMILES string of the molecule is CC(C)(C)C1=C[C@H]2OC(=O)C(C)(C)[C@@H]([C@@H]1F)N2S(=O)(=O)C(F)(F)F. The van der Waals surface area contributed by atoms with Crippen LogP contribution in [0.5, 0.6) is 0 Å². The molecule has 0 radical (unpaired) electrons. The molecule has 0 aliphatic carbocycles. The molecule has 2 heterocycles. The molecule has 0 N–H and O–H groups in total. The number of sulfonamides is 1. The Labute approximate surface area is 137 Å². The molecule has 1 fully saturated rings. The number of hydrogen-bond acceptors (Lipinski definition) is 4. The van der Waals surface area contributed by atoms with E-state index in [0.29, 0.717) is 0 Å². The van der Waals surface area contributed by atoms with E-state index in [9.17, 15) is 26.4 Å². The van der Waals surface area contributed by atoms with E-state index in [-0.39, 0.29) is 9.88 Å². The van der Waals surface area contributed by atoms with E-state index in [4.69, 9.17) is 4.74 Å². The maximum atomic E-state index is 15.1. The zero-order valence-electron chi connectivity index (χ0n) is 13.8.